The van der Waals surface area contributed by atoms with Crippen molar-refractivity contribution in [1.29, 1.82) is 0 Å². The van der Waals surface area contributed by atoms with Gasteiger partial charge in [0, 0.05) is 39.8 Å². The van der Waals surface area contributed by atoms with Crippen LogP contribution in [0.25, 0.3) is 11.4 Å². The minimum atomic E-state index is 0.0437. The van der Waals surface area contributed by atoms with Crippen molar-refractivity contribution in [2.24, 2.45) is 0 Å². The Kier molecular flexibility index (Phi) is 6.40. The molecule has 0 radical (unpaired) electrons. The number of nitrogens with zero attached hydrogens (tertiary/aromatic N) is 3. The summed E-state index contributed by atoms with van der Waals surface area (Å²) in [6.07, 6.45) is 4.01. The van der Waals surface area contributed by atoms with Crippen LogP contribution in [0.1, 0.15) is 81.1 Å². The van der Waals surface area contributed by atoms with Gasteiger partial charge in [-0.25, -0.2) is 0 Å². The molecule has 2 saturated heterocycles. The average Bonchev–Trinajstić information content (AvgIpc) is 2.63. The highest BCUT2D eigenvalue weighted by molar-refractivity contribution is 5.58. The molecule has 7 nitrogen and oxygen atoms in total. The van der Waals surface area contributed by atoms with Crippen LogP contribution in [-0.2, 0) is 0 Å². The third kappa shape index (κ3) is 6.45. The summed E-state index contributed by atoms with van der Waals surface area (Å²) in [6.45, 7) is 18.1. The van der Waals surface area contributed by atoms with Gasteiger partial charge in [0.25, 0.3) is 0 Å². The van der Waals surface area contributed by atoms with E-state index in [1.807, 2.05) is 18.2 Å². The molecule has 4 rings (SSSR count). The minimum absolute atomic E-state index is 0.0437. The Hall–Kier alpha value is -2.25. The van der Waals surface area contributed by atoms with Crippen molar-refractivity contribution in [3.8, 4) is 11.4 Å². The third-order valence-electron chi connectivity index (χ3n) is 6.71. The highest BCUT2D eigenvalue weighted by atomic mass is 15.2. The standard InChI is InChI=1S/C27H43N7/c1-24(2)14-19(15-25(3,4)33-24)28-22-30-21(18-12-10-9-11-13-18)31-23(32-22)29-20-16-26(5,6)34-27(7,8)17-20/h9-13,19-20,33-34H,14-17H2,1-8H3,(H2,28,29,30,31,32). The molecule has 3 heterocycles. The highest BCUT2D eigenvalue weighted by Crippen LogP contribution is 2.32. The molecule has 34 heavy (non-hydrogen) atoms. The Morgan fingerprint density at radius 3 is 1.38 bits per heavy atom. The highest BCUT2D eigenvalue weighted by Gasteiger charge is 2.39. The monoisotopic (exact) mass is 465 g/mol. The lowest BCUT2D eigenvalue weighted by Crippen LogP contribution is -2.60. The summed E-state index contributed by atoms with van der Waals surface area (Å²) >= 11 is 0. The molecule has 0 saturated carbocycles. The lowest BCUT2D eigenvalue weighted by molar-refractivity contribution is 0.170. The first kappa shape index (κ1) is 24.9. The van der Waals surface area contributed by atoms with Crippen LogP contribution in [0.3, 0.4) is 0 Å². The molecule has 0 unspecified atom stereocenters. The van der Waals surface area contributed by atoms with Crippen molar-refractivity contribution in [3.63, 3.8) is 0 Å². The van der Waals surface area contributed by atoms with Gasteiger partial charge in [-0.3, -0.25) is 0 Å². The first-order chi connectivity index (χ1) is 15.7. The summed E-state index contributed by atoms with van der Waals surface area (Å²) in [6, 6.07) is 10.7. The molecule has 0 bridgehead atoms. The van der Waals surface area contributed by atoms with Crippen LogP contribution in [0.15, 0.2) is 30.3 Å². The quantitative estimate of drug-likeness (QED) is 0.495. The first-order valence-corrected chi connectivity index (χ1v) is 12.6. The number of benzene rings is 1. The predicted octanol–water partition coefficient (Wildman–Crippen LogP) is 4.98. The number of rotatable bonds is 5. The fourth-order valence-corrected chi connectivity index (χ4v) is 6.44. The summed E-state index contributed by atoms with van der Waals surface area (Å²) in [4.78, 5) is 14.5. The summed E-state index contributed by atoms with van der Waals surface area (Å²) in [5.74, 6) is 1.98. The zero-order valence-corrected chi connectivity index (χ0v) is 22.2. The molecule has 2 aliphatic rings. The Morgan fingerprint density at radius 2 is 1.00 bits per heavy atom. The lowest BCUT2D eigenvalue weighted by Gasteiger charge is -2.46. The maximum Gasteiger partial charge on any atom is 0.228 e. The van der Waals surface area contributed by atoms with Gasteiger partial charge in [-0.15, -0.1) is 0 Å². The number of anilines is 2. The van der Waals surface area contributed by atoms with E-state index < -0.39 is 0 Å². The molecule has 4 N–H and O–H groups in total. The first-order valence-electron chi connectivity index (χ1n) is 12.6. The predicted molar refractivity (Wildman–Crippen MR) is 141 cm³/mol. The van der Waals surface area contributed by atoms with Crippen molar-refractivity contribution in [2.75, 3.05) is 10.6 Å². The van der Waals surface area contributed by atoms with Crippen molar-refractivity contribution >= 4 is 11.9 Å². The zero-order chi connectivity index (χ0) is 24.8. The van der Waals surface area contributed by atoms with Gasteiger partial charge in [-0.1, -0.05) is 30.3 Å². The second-order valence-electron chi connectivity index (χ2n) is 13.0. The summed E-state index contributed by atoms with van der Waals surface area (Å²) < 4.78 is 0. The van der Waals surface area contributed by atoms with E-state index in [-0.39, 0.29) is 34.2 Å². The fraction of sp³-hybridized carbons (Fsp3) is 0.667. The second kappa shape index (κ2) is 8.76. The Balaban J connectivity index is 1.63. The SMILES string of the molecule is CC1(C)CC(Nc2nc(NC3CC(C)(C)NC(C)(C)C3)nc(-c3ccccc3)n2)CC(C)(C)N1. The molecule has 0 spiro atoms. The number of aromatic nitrogens is 3. The molecular weight excluding hydrogens is 422 g/mol. The van der Waals surface area contributed by atoms with Crippen LogP contribution >= 0.6 is 0 Å². The van der Waals surface area contributed by atoms with Gasteiger partial charge < -0.3 is 21.3 Å². The molecule has 7 heteroatoms. The zero-order valence-electron chi connectivity index (χ0n) is 22.2. The van der Waals surface area contributed by atoms with Gasteiger partial charge in [-0.05, 0) is 81.1 Å². The number of hydrogen-bond acceptors (Lipinski definition) is 7. The molecule has 0 atom stereocenters. The van der Waals surface area contributed by atoms with Gasteiger partial charge in [0.15, 0.2) is 5.82 Å². The Bertz CT molecular complexity index is 907. The fourth-order valence-electron chi connectivity index (χ4n) is 6.44. The summed E-state index contributed by atoms with van der Waals surface area (Å²) in [5, 5.41) is 14.8. The Labute approximate surface area is 205 Å². The molecule has 0 aliphatic carbocycles. The van der Waals surface area contributed by atoms with Crippen LogP contribution in [0.2, 0.25) is 0 Å². The molecule has 1 aromatic carbocycles. The molecule has 2 aromatic rings. The van der Waals surface area contributed by atoms with E-state index in [0.29, 0.717) is 17.7 Å². The number of nitrogens with one attached hydrogen (secondary N) is 4. The van der Waals surface area contributed by atoms with E-state index in [1.165, 1.54) is 0 Å². The van der Waals surface area contributed by atoms with Crippen molar-refractivity contribution in [3.05, 3.63) is 30.3 Å². The van der Waals surface area contributed by atoms with E-state index in [0.717, 1.165) is 31.2 Å². The smallest absolute Gasteiger partial charge is 0.228 e. The second-order valence-corrected chi connectivity index (χ2v) is 13.0. The molecule has 2 aliphatic heterocycles. The van der Waals surface area contributed by atoms with Crippen LogP contribution in [-0.4, -0.2) is 49.2 Å². The van der Waals surface area contributed by atoms with Gasteiger partial charge in [0.1, 0.15) is 0 Å². The number of hydrogen-bond donors (Lipinski definition) is 4. The lowest BCUT2D eigenvalue weighted by atomic mass is 9.79. The van der Waals surface area contributed by atoms with Crippen molar-refractivity contribution in [2.45, 2.75) is 115 Å². The summed E-state index contributed by atoms with van der Waals surface area (Å²) in [5.41, 5.74) is 1.17. The largest absolute Gasteiger partial charge is 0.351 e. The Morgan fingerprint density at radius 1 is 0.618 bits per heavy atom. The normalized spacial score (nSPS) is 23.9. The topological polar surface area (TPSA) is 86.8 Å². The maximum atomic E-state index is 4.85. The van der Waals surface area contributed by atoms with Gasteiger partial charge >= 0.3 is 0 Å². The van der Waals surface area contributed by atoms with Crippen LogP contribution < -0.4 is 21.3 Å². The molecule has 1 aromatic heterocycles. The van der Waals surface area contributed by atoms with Gasteiger partial charge in [0.05, 0.1) is 0 Å². The van der Waals surface area contributed by atoms with Gasteiger partial charge in [0.2, 0.25) is 11.9 Å². The molecule has 0 amide bonds. The molecule has 186 valence electrons. The molecular formula is C27H43N7. The van der Waals surface area contributed by atoms with E-state index >= 15 is 0 Å². The van der Waals surface area contributed by atoms with Crippen LogP contribution in [0.5, 0.6) is 0 Å². The van der Waals surface area contributed by atoms with Crippen molar-refractivity contribution < 1.29 is 0 Å². The van der Waals surface area contributed by atoms with Gasteiger partial charge in [-0.2, -0.15) is 15.0 Å². The summed E-state index contributed by atoms with van der Waals surface area (Å²) in [7, 11) is 0. The third-order valence-corrected chi connectivity index (χ3v) is 6.71. The average molecular weight is 466 g/mol. The minimum Gasteiger partial charge on any atom is -0.351 e. The maximum absolute atomic E-state index is 4.85. The van der Waals surface area contributed by atoms with Crippen LogP contribution in [0, 0.1) is 0 Å². The van der Waals surface area contributed by atoms with Crippen molar-refractivity contribution in [1.82, 2.24) is 25.6 Å². The molecule has 2 fully saturated rings. The van der Waals surface area contributed by atoms with E-state index in [2.05, 4.69) is 88.8 Å². The number of piperidine rings is 2. The van der Waals surface area contributed by atoms with Crippen LogP contribution in [0.4, 0.5) is 11.9 Å². The van der Waals surface area contributed by atoms with E-state index in [9.17, 15) is 0 Å². The van der Waals surface area contributed by atoms with E-state index in [1.54, 1.807) is 0 Å². The van der Waals surface area contributed by atoms with E-state index in [4.69, 9.17) is 15.0 Å².